The number of hydrogen-bond acceptors (Lipinski definition) is 3. The predicted molar refractivity (Wildman–Crippen MR) is 143 cm³/mol. The number of benzene rings is 2. The third-order valence-corrected chi connectivity index (χ3v) is 6.36. The zero-order valence-electron chi connectivity index (χ0n) is 23.6. The number of carbonyl (C=O) groups excluding carboxylic acids is 1. The van der Waals surface area contributed by atoms with Gasteiger partial charge >= 0.3 is 6.16 Å². The molecular weight excluding hydrogens is 420 g/mol. The van der Waals surface area contributed by atoms with Crippen LogP contribution in [0.15, 0.2) is 36.4 Å². The third kappa shape index (κ3) is 7.35. The smallest absolute Gasteiger partial charge is 0.394 e. The van der Waals surface area contributed by atoms with E-state index in [9.17, 15) is 4.79 Å². The van der Waals surface area contributed by atoms with Crippen LogP contribution in [0.2, 0.25) is 0 Å². The fourth-order valence-corrected chi connectivity index (χ4v) is 5.96. The molecule has 2 aromatic rings. The van der Waals surface area contributed by atoms with Crippen molar-refractivity contribution in [3.05, 3.63) is 58.7 Å². The average molecular weight is 467 g/mol. The average Bonchev–Trinajstić information content (AvgIpc) is 2.61. The van der Waals surface area contributed by atoms with E-state index in [-0.39, 0.29) is 21.7 Å². The van der Waals surface area contributed by atoms with E-state index in [0.29, 0.717) is 11.5 Å². The molecule has 0 spiro atoms. The van der Waals surface area contributed by atoms with Gasteiger partial charge in [0.2, 0.25) is 0 Å². The first-order valence-electron chi connectivity index (χ1n) is 12.4. The molecule has 3 heteroatoms. The van der Waals surface area contributed by atoms with Crippen LogP contribution >= 0.6 is 0 Å². The summed E-state index contributed by atoms with van der Waals surface area (Å²) in [6.45, 7) is 26.5. The highest BCUT2D eigenvalue weighted by molar-refractivity contribution is 5.69. The molecule has 0 saturated heterocycles. The summed E-state index contributed by atoms with van der Waals surface area (Å²) in [5.41, 5.74) is 4.62. The van der Waals surface area contributed by atoms with Gasteiger partial charge in [0, 0.05) is 0 Å². The summed E-state index contributed by atoms with van der Waals surface area (Å²) < 4.78 is 11.4. The van der Waals surface area contributed by atoms with E-state index >= 15 is 0 Å². The molecule has 0 saturated carbocycles. The van der Waals surface area contributed by atoms with Gasteiger partial charge in [0.15, 0.2) is 0 Å². The molecule has 0 radical (unpaired) electrons. The highest BCUT2D eigenvalue weighted by Crippen LogP contribution is 2.41. The van der Waals surface area contributed by atoms with Crippen LogP contribution in [0, 0.1) is 24.7 Å². The van der Waals surface area contributed by atoms with Crippen LogP contribution in [-0.2, 0) is 10.8 Å². The molecular formula is C31H46O3. The van der Waals surface area contributed by atoms with Crippen molar-refractivity contribution in [2.24, 2.45) is 10.8 Å². The molecule has 0 aliphatic carbocycles. The van der Waals surface area contributed by atoms with Crippen LogP contribution in [0.3, 0.4) is 0 Å². The van der Waals surface area contributed by atoms with Gasteiger partial charge in [0.1, 0.15) is 11.5 Å². The van der Waals surface area contributed by atoms with E-state index in [1.807, 2.05) is 38.1 Å². The van der Waals surface area contributed by atoms with Gasteiger partial charge in [-0.2, -0.15) is 0 Å². The van der Waals surface area contributed by atoms with Crippen LogP contribution in [0.25, 0.3) is 0 Å². The van der Waals surface area contributed by atoms with Crippen molar-refractivity contribution in [2.45, 2.75) is 107 Å². The number of ether oxygens (including phenoxy) is 2. The van der Waals surface area contributed by atoms with Crippen LogP contribution in [0.1, 0.15) is 104 Å². The molecule has 0 aromatic heterocycles. The maximum atomic E-state index is 12.8. The first-order valence-corrected chi connectivity index (χ1v) is 12.4. The van der Waals surface area contributed by atoms with E-state index < -0.39 is 6.16 Å². The van der Waals surface area contributed by atoms with E-state index in [4.69, 9.17) is 9.47 Å². The van der Waals surface area contributed by atoms with Crippen LogP contribution in [0.4, 0.5) is 4.79 Å². The number of rotatable bonds is 6. The second-order valence-corrected chi connectivity index (χ2v) is 13.6. The summed E-state index contributed by atoms with van der Waals surface area (Å²) >= 11 is 0. The summed E-state index contributed by atoms with van der Waals surface area (Å²) in [7, 11) is 0. The fraction of sp³-hybridized carbons (Fsp3) is 0.581. The third-order valence-electron chi connectivity index (χ3n) is 6.36. The van der Waals surface area contributed by atoms with Gasteiger partial charge in [0.05, 0.1) is 0 Å². The van der Waals surface area contributed by atoms with E-state index in [1.165, 1.54) is 11.1 Å². The van der Waals surface area contributed by atoms with E-state index in [1.54, 1.807) is 0 Å². The lowest BCUT2D eigenvalue weighted by Crippen LogP contribution is -2.26. The molecule has 0 fully saturated rings. The quantitative estimate of drug-likeness (QED) is 0.314. The van der Waals surface area contributed by atoms with Crippen molar-refractivity contribution < 1.29 is 14.3 Å². The minimum atomic E-state index is -0.706. The molecule has 0 amide bonds. The largest absolute Gasteiger partial charge is 0.519 e. The lowest BCUT2D eigenvalue weighted by atomic mass is 9.71. The van der Waals surface area contributed by atoms with Crippen molar-refractivity contribution >= 4 is 6.16 Å². The standard InChI is InChI=1S/C31H46O3/c1-21-23(30(9,10)19-28(3,4)5)15-13-17-25(21)33-27(32)34-26-18-14-16-24(22(26)2)31(11,12)20-29(6,7)8/h13-18H,19-20H2,1-12H3. The molecule has 0 bridgehead atoms. The summed E-state index contributed by atoms with van der Waals surface area (Å²) in [6, 6.07) is 11.8. The molecule has 3 nitrogen and oxygen atoms in total. The highest BCUT2D eigenvalue weighted by atomic mass is 16.7. The van der Waals surface area contributed by atoms with Crippen molar-refractivity contribution in [3.63, 3.8) is 0 Å². The van der Waals surface area contributed by atoms with Crippen molar-refractivity contribution in [3.8, 4) is 11.5 Å². The molecule has 0 atom stereocenters. The molecule has 188 valence electrons. The number of hydrogen-bond donors (Lipinski definition) is 0. The molecule has 0 heterocycles. The zero-order chi connectivity index (χ0) is 26.1. The Balaban J connectivity index is 2.26. The van der Waals surface area contributed by atoms with Gasteiger partial charge < -0.3 is 9.47 Å². The second-order valence-electron chi connectivity index (χ2n) is 13.6. The Morgan fingerprint density at radius 3 is 1.24 bits per heavy atom. The first-order chi connectivity index (χ1) is 15.3. The molecule has 2 aromatic carbocycles. The van der Waals surface area contributed by atoms with Crippen molar-refractivity contribution in [2.75, 3.05) is 0 Å². The molecule has 0 unspecified atom stereocenters. The van der Waals surface area contributed by atoms with E-state index in [0.717, 1.165) is 24.0 Å². The molecule has 0 aliphatic heterocycles. The zero-order valence-corrected chi connectivity index (χ0v) is 23.6. The van der Waals surface area contributed by atoms with Gasteiger partial charge in [0.25, 0.3) is 0 Å². The monoisotopic (exact) mass is 466 g/mol. The normalized spacial score (nSPS) is 13.1. The summed E-state index contributed by atoms with van der Waals surface area (Å²) in [5.74, 6) is 1.10. The summed E-state index contributed by atoms with van der Waals surface area (Å²) in [6.07, 6.45) is 1.33. The maximum absolute atomic E-state index is 12.8. The summed E-state index contributed by atoms with van der Waals surface area (Å²) in [5, 5.41) is 0. The Hall–Kier alpha value is -2.29. The van der Waals surface area contributed by atoms with Crippen molar-refractivity contribution in [1.82, 2.24) is 0 Å². The first kappa shape index (κ1) is 28.0. The van der Waals surface area contributed by atoms with Crippen molar-refractivity contribution in [1.29, 1.82) is 0 Å². The lowest BCUT2D eigenvalue weighted by molar-refractivity contribution is 0.151. The van der Waals surface area contributed by atoms with E-state index in [2.05, 4.69) is 81.4 Å². The Bertz CT molecular complexity index is 932. The minimum absolute atomic E-state index is 0.0465. The Morgan fingerprint density at radius 2 is 0.941 bits per heavy atom. The predicted octanol–water partition coefficient (Wildman–Crippen LogP) is 9.31. The maximum Gasteiger partial charge on any atom is 0.519 e. The van der Waals surface area contributed by atoms with Crippen LogP contribution in [0.5, 0.6) is 11.5 Å². The fourth-order valence-electron chi connectivity index (χ4n) is 5.96. The lowest BCUT2D eigenvalue weighted by Gasteiger charge is -2.34. The topological polar surface area (TPSA) is 35.5 Å². The van der Waals surface area contributed by atoms with Gasteiger partial charge in [-0.25, -0.2) is 4.79 Å². The Kier molecular flexibility index (Phi) is 8.02. The second kappa shape index (κ2) is 9.76. The summed E-state index contributed by atoms with van der Waals surface area (Å²) in [4.78, 5) is 12.8. The SMILES string of the molecule is Cc1c(OC(=O)Oc2cccc(C(C)(C)CC(C)(C)C)c2C)cccc1C(C)(C)CC(C)(C)C. The van der Waals surface area contributed by atoms with Gasteiger partial charge in [-0.3, -0.25) is 0 Å². The number of carbonyl (C=O) groups is 1. The van der Waals surface area contributed by atoms with Gasteiger partial charge in [-0.05, 0) is 82.7 Å². The minimum Gasteiger partial charge on any atom is -0.394 e. The molecule has 34 heavy (non-hydrogen) atoms. The Labute approximate surface area is 208 Å². The van der Waals surface area contributed by atoms with Crippen LogP contribution in [-0.4, -0.2) is 6.16 Å². The molecule has 0 aliphatic rings. The van der Waals surface area contributed by atoms with Crippen LogP contribution < -0.4 is 9.47 Å². The Morgan fingerprint density at radius 1 is 0.618 bits per heavy atom. The molecule has 0 N–H and O–H groups in total. The highest BCUT2D eigenvalue weighted by Gasteiger charge is 2.31. The molecule has 2 rings (SSSR count). The van der Waals surface area contributed by atoms with Gasteiger partial charge in [-0.15, -0.1) is 0 Å². The van der Waals surface area contributed by atoms with Gasteiger partial charge in [-0.1, -0.05) is 93.5 Å².